The lowest BCUT2D eigenvalue weighted by Gasteiger charge is -2.11. The predicted molar refractivity (Wildman–Crippen MR) is 80.5 cm³/mol. The van der Waals surface area contributed by atoms with Crippen LogP contribution < -0.4 is 10.5 Å². The standard InChI is InChI=1S/C17H21NO/c1-13(11-12-18)14-3-5-15(6-4-14)16-7-9-17(19-2)10-8-16/h3-10,13H,11-12,18H2,1-2H3. The van der Waals surface area contributed by atoms with Gasteiger partial charge in [0, 0.05) is 0 Å². The van der Waals surface area contributed by atoms with Crippen molar-refractivity contribution < 1.29 is 4.74 Å². The summed E-state index contributed by atoms with van der Waals surface area (Å²) in [6.07, 6.45) is 1.03. The van der Waals surface area contributed by atoms with Gasteiger partial charge in [0.1, 0.15) is 5.75 Å². The SMILES string of the molecule is COc1ccc(-c2ccc(C(C)CCN)cc2)cc1. The van der Waals surface area contributed by atoms with Gasteiger partial charge in [0.25, 0.3) is 0 Å². The fourth-order valence-corrected chi connectivity index (χ4v) is 2.20. The molecule has 100 valence electrons. The first kappa shape index (κ1) is 13.6. The van der Waals surface area contributed by atoms with Crippen LogP contribution in [0.25, 0.3) is 11.1 Å². The minimum absolute atomic E-state index is 0.523. The van der Waals surface area contributed by atoms with E-state index in [-0.39, 0.29) is 0 Å². The van der Waals surface area contributed by atoms with Gasteiger partial charge in [-0.15, -0.1) is 0 Å². The van der Waals surface area contributed by atoms with Crippen molar-refractivity contribution in [2.75, 3.05) is 13.7 Å². The van der Waals surface area contributed by atoms with Crippen molar-refractivity contribution in [3.8, 4) is 16.9 Å². The van der Waals surface area contributed by atoms with E-state index in [1.807, 2.05) is 12.1 Å². The molecule has 0 aliphatic heterocycles. The van der Waals surface area contributed by atoms with Gasteiger partial charge >= 0.3 is 0 Å². The number of nitrogens with two attached hydrogens (primary N) is 1. The normalized spacial score (nSPS) is 12.2. The fraction of sp³-hybridized carbons (Fsp3) is 0.294. The van der Waals surface area contributed by atoms with Gasteiger partial charge in [-0.3, -0.25) is 0 Å². The van der Waals surface area contributed by atoms with Crippen molar-refractivity contribution in [3.05, 3.63) is 54.1 Å². The highest BCUT2D eigenvalue weighted by Crippen LogP contribution is 2.25. The Kier molecular flexibility index (Phi) is 4.58. The van der Waals surface area contributed by atoms with Gasteiger partial charge < -0.3 is 10.5 Å². The summed E-state index contributed by atoms with van der Waals surface area (Å²) in [5.41, 5.74) is 9.39. The van der Waals surface area contributed by atoms with Crippen LogP contribution in [0, 0.1) is 0 Å². The zero-order chi connectivity index (χ0) is 13.7. The first-order valence-electron chi connectivity index (χ1n) is 6.69. The minimum Gasteiger partial charge on any atom is -0.497 e. The highest BCUT2D eigenvalue weighted by Gasteiger charge is 2.05. The van der Waals surface area contributed by atoms with Crippen molar-refractivity contribution in [3.63, 3.8) is 0 Å². The molecular weight excluding hydrogens is 234 g/mol. The molecule has 0 radical (unpaired) electrons. The lowest BCUT2D eigenvalue weighted by Crippen LogP contribution is -2.04. The Morgan fingerprint density at radius 2 is 1.47 bits per heavy atom. The van der Waals surface area contributed by atoms with Crippen LogP contribution in [0.15, 0.2) is 48.5 Å². The molecule has 2 N–H and O–H groups in total. The summed E-state index contributed by atoms with van der Waals surface area (Å²) in [6.45, 7) is 2.96. The molecule has 0 bridgehead atoms. The van der Waals surface area contributed by atoms with Crippen LogP contribution in [0.2, 0.25) is 0 Å². The van der Waals surface area contributed by atoms with Crippen LogP contribution in [0.3, 0.4) is 0 Å². The Hall–Kier alpha value is -1.80. The highest BCUT2D eigenvalue weighted by atomic mass is 16.5. The molecule has 0 aliphatic carbocycles. The summed E-state index contributed by atoms with van der Waals surface area (Å²) in [5.74, 6) is 1.41. The van der Waals surface area contributed by atoms with Gasteiger partial charge in [0.05, 0.1) is 7.11 Å². The Labute approximate surface area is 115 Å². The van der Waals surface area contributed by atoms with E-state index in [0.29, 0.717) is 5.92 Å². The smallest absolute Gasteiger partial charge is 0.118 e. The van der Waals surface area contributed by atoms with Crippen LogP contribution in [0.1, 0.15) is 24.8 Å². The van der Waals surface area contributed by atoms with E-state index >= 15 is 0 Å². The van der Waals surface area contributed by atoms with E-state index in [1.54, 1.807) is 7.11 Å². The van der Waals surface area contributed by atoms with Crippen LogP contribution >= 0.6 is 0 Å². The molecule has 2 rings (SSSR count). The Morgan fingerprint density at radius 3 is 1.95 bits per heavy atom. The molecule has 0 aromatic heterocycles. The molecule has 0 saturated heterocycles. The number of hydrogen-bond acceptors (Lipinski definition) is 2. The Bertz CT molecular complexity index is 502. The summed E-state index contributed by atoms with van der Waals surface area (Å²) in [6, 6.07) is 16.9. The van der Waals surface area contributed by atoms with E-state index in [0.717, 1.165) is 18.7 Å². The Balaban J connectivity index is 2.17. The molecule has 1 unspecified atom stereocenters. The third-order valence-corrected chi connectivity index (χ3v) is 3.50. The van der Waals surface area contributed by atoms with E-state index in [1.165, 1.54) is 16.7 Å². The number of rotatable bonds is 5. The fourth-order valence-electron chi connectivity index (χ4n) is 2.20. The molecule has 0 spiro atoms. The lowest BCUT2D eigenvalue weighted by atomic mass is 9.95. The summed E-state index contributed by atoms with van der Waals surface area (Å²) >= 11 is 0. The zero-order valence-corrected chi connectivity index (χ0v) is 11.6. The molecule has 2 nitrogen and oxygen atoms in total. The zero-order valence-electron chi connectivity index (χ0n) is 11.6. The third kappa shape index (κ3) is 3.36. The predicted octanol–water partition coefficient (Wildman–Crippen LogP) is 3.81. The van der Waals surface area contributed by atoms with Crippen molar-refractivity contribution in [2.24, 2.45) is 5.73 Å². The number of benzene rings is 2. The molecule has 0 heterocycles. The topological polar surface area (TPSA) is 35.2 Å². The van der Waals surface area contributed by atoms with Gasteiger partial charge in [-0.25, -0.2) is 0 Å². The van der Waals surface area contributed by atoms with Crippen molar-refractivity contribution in [2.45, 2.75) is 19.3 Å². The van der Waals surface area contributed by atoms with Gasteiger partial charge in [0.15, 0.2) is 0 Å². The summed E-state index contributed by atoms with van der Waals surface area (Å²) in [4.78, 5) is 0. The molecule has 1 atom stereocenters. The number of hydrogen-bond donors (Lipinski definition) is 1. The quantitative estimate of drug-likeness (QED) is 0.881. The Morgan fingerprint density at radius 1 is 0.947 bits per heavy atom. The molecule has 2 heteroatoms. The maximum atomic E-state index is 5.60. The molecule has 0 amide bonds. The van der Waals surface area contributed by atoms with E-state index in [4.69, 9.17) is 10.5 Å². The van der Waals surface area contributed by atoms with Crippen LogP contribution in [0.5, 0.6) is 5.75 Å². The minimum atomic E-state index is 0.523. The first-order valence-corrected chi connectivity index (χ1v) is 6.69. The van der Waals surface area contributed by atoms with E-state index < -0.39 is 0 Å². The van der Waals surface area contributed by atoms with E-state index in [9.17, 15) is 0 Å². The van der Waals surface area contributed by atoms with Gasteiger partial charge in [-0.05, 0) is 47.7 Å². The maximum Gasteiger partial charge on any atom is 0.118 e. The number of methoxy groups -OCH3 is 1. The molecule has 0 aliphatic rings. The molecule has 0 fully saturated rings. The van der Waals surface area contributed by atoms with Crippen LogP contribution in [0.4, 0.5) is 0 Å². The van der Waals surface area contributed by atoms with Crippen molar-refractivity contribution in [1.82, 2.24) is 0 Å². The lowest BCUT2D eigenvalue weighted by molar-refractivity contribution is 0.415. The summed E-state index contributed by atoms with van der Waals surface area (Å²) < 4.78 is 5.17. The maximum absolute atomic E-state index is 5.60. The third-order valence-electron chi connectivity index (χ3n) is 3.50. The second-order valence-corrected chi connectivity index (χ2v) is 4.83. The van der Waals surface area contributed by atoms with Crippen molar-refractivity contribution >= 4 is 0 Å². The average Bonchev–Trinajstić information content (AvgIpc) is 2.48. The molecule has 2 aromatic carbocycles. The van der Waals surface area contributed by atoms with E-state index in [2.05, 4.69) is 43.3 Å². The average molecular weight is 255 g/mol. The van der Waals surface area contributed by atoms with Gasteiger partial charge in [-0.1, -0.05) is 43.3 Å². The monoisotopic (exact) mass is 255 g/mol. The first-order chi connectivity index (χ1) is 9.24. The van der Waals surface area contributed by atoms with Crippen LogP contribution in [-0.4, -0.2) is 13.7 Å². The second-order valence-electron chi connectivity index (χ2n) is 4.83. The largest absolute Gasteiger partial charge is 0.497 e. The van der Waals surface area contributed by atoms with Gasteiger partial charge in [0.2, 0.25) is 0 Å². The van der Waals surface area contributed by atoms with Crippen LogP contribution in [-0.2, 0) is 0 Å². The molecule has 2 aromatic rings. The molecule has 0 saturated carbocycles. The van der Waals surface area contributed by atoms with Gasteiger partial charge in [-0.2, -0.15) is 0 Å². The molecular formula is C17H21NO. The summed E-state index contributed by atoms with van der Waals surface area (Å²) in [5, 5.41) is 0. The highest BCUT2D eigenvalue weighted by molar-refractivity contribution is 5.64. The van der Waals surface area contributed by atoms with Crippen molar-refractivity contribution in [1.29, 1.82) is 0 Å². The summed E-state index contributed by atoms with van der Waals surface area (Å²) in [7, 11) is 1.68. The number of ether oxygens (including phenoxy) is 1. The second kappa shape index (κ2) is 6.39. The molecule has 19 heavy (non-hydrogen) atoms.